The van der Waals surface area contributed by atoms with Gasteiger partial charge in [-0.1, -0.05) is 29.8 Å². The molecule has 2 nitrogen and oxygen atoms in total. The minimum absolute atomic E-state index is 0.690. The van der Waals surface area contributed by atoms with Crippen molar-refractivity contribution in [3.63, 3.8) is 0 Å². The molecule has 0 spiro atoms. The average Bonchev–Trinajstić information content (AvgIpc) is 2.22. The molecule has 0 saturated carbocycles. The third kappa shape index (κ3) is 4.99. The quantitative estimate of drug-likeness (QED) is 0.809. The number of aryl methyl sites for hydroxylation is 1. The van der Waals surface area contributed by atoms with Gasteiger partial charge in [0.15, 0.2) is 0 Å². The predicted octanol–water partition coefficient (Wildman–Crippen LogP) is 3.38. The van der Waals surface area contributed by atoms with E-state index in [4.69, 9.17) is 4.74 Å². The maximum absolute atomic E-state index is 5.64. The van der Waals surface area contributed by atoms with Crippen molar-refractivity contribution in [2.75, 3.05) is 19.7 Å². The summed E-state index contributed by atoms with van der Waals surface area (Å²) in [6.45, 7) is 9.12. The topological polar surface area (TPSA) is 21.3 Å². The van der Waals surface area contributed by atoms with Gasteiger partial charge in [0, 0.05) is 11.0 Å². The second kappa shape index (κ2) is 6.92. The van der Waals surface area contributed by atoms with Crippen LogP contribution in [-0.4, -0.2) is 19.7 Å². The predicted molar refractivity (Wildman–Crippen MR) is 72.1 cm³/mol. The zero-order valence-corrected chi connectivity index (χ0v) is 11.8. The lowest BCUT2D eigenvalue weighted by Gasteiger charge is -2.10. The Morgan fingerprint density at radius 2 is 2.12 bits per heavy atom. The lowest BCUT2D eigenvalue weighted by Crippen LogP contribution is -2.24. The molecule has 16 heavy (non-hydrogen) atoms. The first-order valence-electron chi connectivity index (χ1n) is 5.69. The molecule has 0 fully saturated rings. The normalized spacial score (nSPS) is 10.8. The second-order valence-corrected chi connectivity index (χ2v) is 5.21. The Balaban J connectivity index is 2.24. The highest BCUT2D eigenvalue weighted by atomic mass is 79.9. The first-order valence-corrected chi connectivity index (χ1v) is 6.48. The lowest BCUT2D eigenvalue weighted by atomic mass is 10.2. The van der Waals surface area contributed by atoms with Gasteiger partial charge in [0.25, 0.3) is 0 Å². The van der Waals surface area contributed by atoms with Gasteiger partial charge >= 0.3 is 0 Å². The van der Waals surface area contributed by atoms with E-state index in [1.54, 1.807) is 0 Å². The van der Waals surface area contributed by atoms with Gasteiger partial charge in [0.1, 0.15) is 12.4 Å². The number of benzene rings is 1. The van der Waals surface area contributed by atoms with Crippen LogP contribution in [0.2, 0.25) is 0 Å². The molecule has 0 atom stereocenters. The third-order valence-corrected chi connectivity index (χ3v) is 3.12. The molecule has 0 heterocycles. The van der Waals surface area contributed by atoms with E-state index in [-0.39, 0.29) is 0 Å². The van der Waals surface area contributed by atoms with Crippen molar-refractivity contribution in [2.45, 2.75) is 20.8 Å². The Labute approximate surface area is 107 Å². The fraction of sp³-hybridized carbons (Fsp3) is 0.538. The number of hydrogen-bond acceptors (Lipinski definition) is 2. The summed E-state index contributed by atoms with van der Waals surface area (Å²) in [6.07, 6.45) is 0. The van der Waals surface area contributed by atoms with Gasteiger partial charge in [-0.2, -0.15) is 0 Å². The smallest absolute Gasteiger partial charge is 0.119 e. The molecule has 0 aromatic heterocycles. The molecule has 3 heteroatoms. The minimum atomic E-state index is 0.690. The maximum atomic E-state index is 5.64. The van der Waals surface area contributed by atoms with Crippen LogP contribution in [0.3, 0.4) is 0 Å². The fourth-order valence-corrected chi connectivity index (χ4v) is 1.59. The highest BCUT2D eigenvalue weighted by Gasteiger charge is 1.98. The third-order valence-electron chi connectivity index (χ3n) is 2.23. The number of rotatable bonds is 6. The molecule has 0 aliphatic rings. The van der Waals surface area contributed by atoms with Gasteiger partial charge in [-0.15, -0.1) is 0 Å². The molecule has 0 bridgehead atoms. The van der Waals surface area contributed by atoms with Gasteiger partial charge < -0.3 is 10.1 Å². The Kier molecular flexibility index (Phi) is 5.85. The molecule has 0 saturated heterocycles. The first kappa shape index (κ1) is 13.5. The highest BCUT2D eigenvalue weighted by molar-refractivity contribution is 9.10. The summed E-state index contributed by atoms with van der Waals surface area (Å²) >= 11 is 3.47. The standard InChI is InChI=1S/C13H20BrNO/c1-10(2)9-15-6-7-16-12-4-5-13(14)11(3)8-12/h4-5,8,10,15H,6-7,9H2,1-3H3. The van der Waals surface area contributed by atoms with Crippen LogP contribution in [0.15, 0.2) is 22.7 Å². The van der Waals surface area contributed by atoms with Crippen molar-refractivity contribution in [2.24, 2.45) is 5.92 Å². The van der Waals surface area contributed by atoms with E-state index in [0.29, 0.717) is 12.5 Å². The summed E-state index contributed by atoms with van der Waals surface area (Å²) in [5.41, 5.74) is 1.20. The molecule has 0 unspecified atom stereocenters. The summed E-state index contributed by atoms with van der Waals surface area (Å²) in [6, 6.07) is 6.05. The van der Waals surface area contributed by atoms with Gasteiger partial charge in [0.05, 0.1) is 0 Å². The second-order valence-electron chi connectivity index (χ2n) is 4.36. The van der Waals surface area contributed by atoms with Crippen LogP contribution in [0, 0.1) is 12.8 Å². The monoisotopic (exact) mass is 285 g/mol. The maximum Gasteiger partial charge on any atom is 0.119 e. The van der Waals surface area contributed by atoms with Gasteiger partial charge in [-0.05, 0) is 43.1 Å². The zero-order chi connectivity index (χ0) is 12.0. The highest BCUT2D eigenvalue weighted by Crippen LogP contribution is 2.21. The van der Waals surface area contributed by atoms with Gasteiger partial charge in [-0.25, -0.2) is 0 Å². The number of hydrogen-bond donors (Lipinski definition) is 1. The van der Waals surface area contributed by atoms with Crippen LogP contribution in [0.4, 0.5) is 0 Å². The van der Waals surface area contributed by atoms with Crippen LogP contribution >= 0.6 is 15.9 Å². The number of halogens is 1. The fourth-order valence-electron chi connectivity index (χ4n) is 1.34. The molecular formula is C13H20BrNO. The van der Waals surface area contributed by atoms with Crippen molar-refractivity contribution in [1.29, 1.82) is 0 Å². The first-order chi connectivity index (χ1) is 7.59. The Hall–Kier alpha value is -0.540. The van der Waals surface area contributed by atoms with E-state index in [9.17, 15) is 0 Å². The van der Waals surface area contributed by atoms with Gasteiger partial charge in [0.2, 0.25) is 0 Å². The molecule has 0 aliphatic heterocycles. The van der Waals surface area contributed by atoms with E-state index in [1.807, 2.05) is 18.2 Å². The average molecular weight is 286 g/mol. The van der Waals surface area contributed by atoms with Crippen molar-refractivity contribution in [1.82, 2.24) is 5.32 Å². The molecule has 1 N–H and O–H groups in total. The van der Waals surface area contributed by atoms with Crippen LogP contribution in [0.25, 0.3) is 0 Å². The van der Waals surface area contributed by atoms with Crippen LogP contribution in [0.5, 0.6) is 5.75 Å². The largest absolute Gasteiger partial charge is 0.492 e. The number of nitrogens with one attached hydrogen (secondary N) is 1. The zero-order valence-electron chi connectivity index (χ0n) is 10.2. The van der Waals surface area contributed by atoms with Crippen molar-refractivity contribution in [3.05, 3.63) is 28.2 Å². The van der Waals surface area contributed by atoms with Gasteiger partial charge in [-0.3, -0.25) is 0 Å². The molecule has 1 aromatic rings. The number of ether oxygens (including phenoxy) is 1. The Morgan fingerprint density at radius 1 is 1.38 bits per heavy atom. The van der Waals surface area contributed by atoms with Crippen molar-refractivity contribution < 1.29 is 4.74 Å². The van der Waals surface area contributed by atoms with Crippen LogP contribution in [0.1, 0.15) is 19.4 Å². The molecule has 1 aromatic carbocycles. The van der Waals surface area contributed by atoms with E-state index >= 15 is 0 Å². The summed E-state index contributed by atoms with van der Waals surface area (Å²) in [5, 5.41) is 3.35. The van der Waals surface area contributed by atoms with Crippen molar-refractivity contribution >= 4 is 15.9 Å². The molecule has 1 rings (SSSR count). The summed E-state index contributed by atoms with van der Waals surface area (Å²) in [5.74, 6) is 1.63. The molecule has 0 aliphatic carbocycles. The summed E-state index contributed by atoms with van der Waals surface area (Å²) in [7, 11) is 0. The summed E-state index contributed by atoms with van der Waals surface area (Å²) in [4.78, 5) is 0. The SMILES string of the molecule is Cc1cc(OCCNCC(C)C)ccc1Br. The molecule has 0 radical (unpaired) electrons. The molecular weight excluding hydrogens is 266 g/mol. The van der Waals surface area contributed by atoms with E-state index in [2.05, 4.69) is 42.0 Å². The Morgan fingerprint density at radius 3 is 2.75 bits per heavy atom. The molecule has 0 amide bonds. The Bertz CT molecular complexity index is 326. The van der Waals surface area contributed by atoms with Crippen LogP contribution < -0.4 is 10.1 Å². The minimum Gasteiger partial charge on any atom is -0.492 e. The molecule has 90 valence electrons. The van der Waals surface area contributed by atoms with E-state index in [0.717, 1.165) is 23.3 Å². The van der Waals surface area contributed by atoms with Crippen molar-refractivity contribution in [3.8, 4) is 5.75 Å². The van der Waals surface area contributed by atoms with E-state index < -0.39 is 0 Å². The summed E-state index contributed by atoms with van der Waals surface area (Å²) < 4.78 is 6.76. The van der Waals surface area contributed by atoms with E-state index in [1.165, 1.54) is 5.56 Å². The lowest BCUT2D eigenvalue weighted by molar-refractivity contribution is 0.311. The van der Waals surface area contributed by atoms with Crippen LogP contribution in [-0.2, 0) is 0 Å².